The average molecular weight is 391 g/mol. The number of nitrogens with one attached hydrogen (secondary N) is 2. The van der Waals surface area contributed by atoms with Crippen molar-refractivity contribution in [2.45, 2.75) is 51.2 Å². The smallest absolute Gasteiger partial charge is 0.265 e. The molecule has 0 saturated heterocycles. The third kappa shape index (κ3) is 6.37. The third-order valence-corrected chi connectivity index (χ3v) is 5.35. The highest BCUT2D eigenvalue weighted by molar-refractivity contribution is 7.89. The number of aryl methyl sites for hydroxylation is 1. The van der Waals surface area contributed by atoms with Gasteiger partial charge in [0.05, 0.1) is 4.90 Å². The highest BCUT2D eigenvalue weighted by atomic mass is 32.2. The topological polar surface area (TPSA) is 84.5 Å². The number of hydrogen-bond donors (Lipinski definition) is 2. The van der Waals surface area contributed by atoms with Gasteiger partial charge in [-0.15, -0.1) is 0 Å². The SMILES string of the molecule is Cc1ccc(O[C@H](C)C(=O)Nc2ccc(S(=O)(=O)NC(C)(C)C)cc2)cc1. The van der Waals surface area contributed by atoms with Crippen molar-refractivity contribution < 1.29 is 17.9 Å². The van der Waals surface area contributed by atoms with Crippen LogP contribution in [-0.2, 0) is 14.8 Å². The number of carbonyl (C=O) groups is 1. The van der Waals surface area contributed by atoms with Gasteiger partial charge in [0.25, 0.3) is 5.91 Å². The van der Waals surface area contributed by atoms with Crippen LogP contribution in [0, 0.1) is 6.92 Å². The van der Waals surface area contributed by atoms with Crippen molar-refractivity contribution >= 4 is 21.6 Å². The van der Waals surface area contributed by atoms with Crippen LogP contribution in [-0.4, -0.2) is 26.0 Å². The number of sulfonamides is 1. The maximum atomic E-state index is 12.3. The summed E-state index contributed by atoms with van der Waals surface area (Å²) < 4.78 is 32.8. The first-order valence-electron chi connectivity index (χ1n) is 8.64. The predicted molar refractivity (Wildman–Crippen MR) is 106 cm³/mol. The minimum absolute atomic E-state index is 0.138. The number of benzene rings is 2. The summed E-state index contributed by atoms with van der Waals surface area (Å²) in [6.07, 6.45) is -0.696. The molecule has 0 fully saturated rings. The molecule has 0 aliphatic rings. The summed E-state index contributed by atoms with van der Waals surface area (Å²) in [6, 6.07) is 13.4. The summed E-state index contributed by atoms with van der Waals surface area (Å²) >= 11 is 0. The lowest BCUT2D eigenvalue weighted by molar-refractivity contribution is -0.122. The standard InChI is InChI=1S/C20H26N2O4S/c1-14-6-10-17(11-7-14)26-15(2)19(23)21-16-8-12-18(13-9-16)27(24,25)22-20(3,4)5/h6-13,15,22H,1-5H3,(H,21,23)/t15-/m1/s1. The van der Waals surface area contributed by atoms with Crippen molar-refractivity contribution in [1.82, 2.24) is 4.72 Å². The molecule has 0 aliphatic heterocycles. The van der Waals surface area contributed by atoms with Gasteiger partial charge in [-0.3, -0.25) is 4.79 Å². The molecular weight excluding hydrogens is 364 g/mol. The molecule has 146 valence electrons. The first kappa shape index (κ1) is 20.9. The first-order valence-corrected chi connectivity index (χ1v) is 10.1. The van der Waals surface area contributed by atoms with E-state index in [4.69, 9.17) is 4.74 Å². The molecule has 6 nitrogen and oxygen atoms in total. The van der Waals surface area contributed by atoms with Gasteiger partial charge in [0.1, 0.15) is 5.75 Å². The molecule has 2 aromatic rings. The van der Waals surface area contributed by atoms with E-state index in [-0.39, 0.29) is 10.8 Å². The molecule has 0 bridgehead atoms. The van der Waals surface area contributed by atoms with Crippen LogP contribution in [0.15, 0.2) is 53.4 Å². The van der Waals surface area contributed by atoms with Crippen LogP contribution in [0.4, 0.5) is 5.69 Å². The Bertz CT molecular complexity index is 883. The number of rotatable bonds is 6. The lowest BCUT2D eigenvalue weighted by Gasteiger charge is -2.20. The van der Waals surface area contributed by atoms with Crippen molar-refractivity contribution in [2.24, 2.45) is 0 Å². The zero-order valence-electron chi connectivity index (χ0n) is 16.2. The number of ether oxygens (including phenoxy) is 1. The van der Waals surface area contributed by atoms with Gasteiger partial charge in [-0.2, -0.15) is 0 Å². The molecule has 1 atom stereocenters. The van der Waals surface area contributed by atoms with Gasteiger partial charge in [-0.05, 0) is 71.0 Å². The van der Waals surface area contributed by atoms with Gasteiger partial charge in [-0.25, -0.2) is 13.1 Å². The monoisotopic (exact) mass is 390 g/mol. The molecule has 27 heavy (non-hydrogen) atoms. The van der Waals surface area contributed by atoms with E-state index in [1.807, 2.05) is 19.1 Å². The largest absolute Gasteiger partial charge is 0.481 e. The van der Waals surface area contributed by atoms with E-state index in [0.29, 0.717) is 11.4 Å². The van der Waals surface area contributed by atoms with Crippen LogP contribution in [0.1, 0.15) is 33.3 Å². The van der Waals surface area contributed by atoms with E-state index in [1.54, 1.807) is 52.0 Å². The zero-order valence-corrected chi connectivity index (χ0v) is 17.1. The van der Waals surface area contributed by atoms with Crippen molar-refractivity contribution in [3.63, 3.8) is 0 Å². The first-order chi connectivity index (χ1) is 12.5. The molecule has 2 N–H and O–H groups in total. The molecule has 0 aromatic heterocycles. The fourth-order valence-corrected chi connectivity index (χ4v) is 3.72. The predicted octanol–water partition coefficient (Wildman–Crippen LogP) is 3.48. The van der Waals surface area contributed by atoms with E-state index < -0.39 is 21.7 Å². The Labute approximate surface area is 161 Å². The summed E-state index contributed by atoms with van der Waals surface area (Å²) in [5, 5.41) is 2.72. The molecule has 0 aliphatic carbocycles. The minimum Gasteiger partial charge on any atom is -0.481 e. The molecule has 0 saturated carbocycles. The van der Waals surface area contributed by atoms with Crippen molar-refractivity contribution in [1.29, 1.82) is 0 Å². The second kappa shape index (κ2) is 8.10. The Morgan fingerprint density at radius 1 is 1.00 bits per heavy atom. The van der Waals surface area contributed by atoms with Crippen LogP contribution in [0.5, 0.6) is 5.75 Å². The Morgan fingerprint density at radius 2 is 1.56 bits per heavy atom. The molecule has 2 rings (SSSR count). The maximum Gasteiger partial charge on any atom is 0.265 e. The van der Waals surface area contributed by atoms with Crippen LogP contribution < -0.4 is 14.8 Å². The number of hydrogen-bond acceptors (Lipinski definition) is 4. The lowest BCUT2D eigenvalue weighted by atomic mass is 10.1. The van der Waals surface area contributed by atoms with Gasteiger partial charge < -0.3 is 10.1 Å². The summed E-state index contributed by atoms with van der Waals surface area (Å²) in [5.41, 5.74) is 1.03. The van der Waals surface area contributed by atoms with Crippen LogP contribution in [0.2, 0.25) is 0 Å². The van der Waals surface area contributed by atoms with Crippen LogP contribution in [0.3, 0.4) is 0 Å². The molecule has 7 heteroatoms. The van der Waals surface area contributed by atoms with Gasteiger partial charge >= 0.3 is 0 Å². The van der Waals surface area contributed by atoms with E-state index in [0.717, 1.165) is 5.56 Å². The molecule has 2 aromatic carbocycles. The number of amides is 1. The second-order valence-electron chi connectivity index (χ2n) is 7.44. The van der Waals surface area contributed by atoms with Crippen molar-refractivity contribution in [2.75, 3.05) is 5.32 Å². The van der Waals surface area contributed by atoms with Crippen molar-refractivity contribution in [3.8, 4) is 5.75 Å². The minimum atomic E-state index is -3.61. The Kier molecular flexibility index (Phi) is 6.28. The maximum absolute atomic E-state index is 12.3. The molecular formula is C20H26N2O4S. The van der Waals surface area contributed by atoms with Gasteiger partial charge in [0, 0.05) is 11.2 Å². The van der Waals surface area contributed by atoms with E-state index in [2.05, 4.69) is 10.0 Å². The highest BCUT2D eigenvalue weighted by Gasteiger charge is 2.22. The van der Waals surface area contributed by atoms with Crippen LogP contribution >= 0.6 is 0 Å². The summed E-state index contributed by atoms with van der Waals surface area (Å²) in [7, 11) is -3.61. The Hall–Kier alpha value is -2.38. The van der Waals surface area contributed by atoms with E-state index in [9.17, 15) is 13.2 Å². The third-order valence-electron chi connectivity index (χ3n) is 3.58. The van der Waals surface area contributed by atoms with E-state index >= 15 is 0 Å². The summed E-state index contributed by atoms with van der Waals surface area (Å²) in [5.74, 6) is 0.289. The number of carbonyl (C=O) groups excluding carboxylic acids is 1. The lowest BCUT2D eigenvalue weighted by Crippen LogP contribution is -2.40. The summed E-state index contributed by atoms with van der Waals surface area (Å²) in [6.45, 7) is 8.94. The summed E-state index contributed by atoms with van der Waals surface area (Å²) in [4.78, 5) is 12.4. The molecule has 1 amide bonds. The Balaban J connectivity index is 2.01. The Morgan fingerprint density at radius 3 is 2.07 bits per heavy atom. The van der Waals surface area contributed by atoms with Gasteiger partial charge in [-0.1, -0.05) is 17.7 Å². The average Bonchev–Trinajstić information content (AvgIpc) is 2.55. The van der Waals surface area contributed by atoms with Crippen LogP contribution in [0.25, 0.3) is 0 Å². The van der Waals surface area contributed by atoms with Gasteiger partial charge in [0.2, 0.25) is 10.0 Å². The fraction of sp³-hybridized carbons (Fsp3) is 0.350. The van der Waals surface area contributed by atoms with Crippen molar-refractivity contribution in [3.05, 3.63) is 54.1 Å². The second-order valence-corrected chi connectivity index (χ2v) is 9.12. The molecule has 0 heterocycles. The normalized spacial score (nSPS) is 13.1. The molecule has 0 unspecified atom stereocenters. The fourth-order valence-electron chi connectivity index (χ4n) is 2.30. The van der Waals surface area contributed by atoms with Gasteiger partial charge in [0.15, 0.2) is 6.10 Å². The molecule has 0 radical (unpaired) electrons. The quantitative estimate of drug-likeness (QED) is 0.791. The number of anilines is 1. The molecule has 0 spiro atoms. The van der Waals surface area contributed by atoms with E-state index in [1.165, 1.54) is 12.1 Å². The highest BCUT2D eigenvalue weighted by Crippen LogP contribution is 2.18. The zero-order chi connectivity index (χ0) is 20.2.